The minimum Gasteiger partial charge on any atom is -0.303 e. The van der Waals surface area contributed by atoms with Crippen molar-refractivity contribution in [1.82, 2.24) is 9.47 Å². The Bertz CT molecular complexity index is 952. The predicted octanol–water partition coefficient (Wildman–Crippen LogP) is 4.90. The van der Waals surface area contributed by atoms with Crippen molar-refractivity contribution in [3.63, 3.8) is 0 Å². The first-order valence-electron chi connectivity index (χ1n) is 11.2. The number of hydrogen-bond acceptors (Lipinski definition) is 3. The van der Waals surface area contributed by atoms with Crippen LogP contribution in [0.4, 0.5) is 0 Å². The highest BCUT2D eigenvalue weighted by Gasteiger charge is 2.32. The number of carbonyl (C=O) groups is 2. The molecule has 0 radical (unpaired) electrons. The van der Waals surface area contributed by atoms with Gasteiger partial charge in [-0.1, -0.05) is 37.5 Å². The number of allylic oxidation sites excluding steroid dienone is 1. The van der Waals surface area contributed by atoms with Gasteiger partial charge in [0.05, 0.1) is 5.69 Å². The van der Waals surface area contributed by atoms with Crippen LogP contribution in [0.2, 0.25) is 0 Å². The fourth-order valence-corrected chi connectivity index (χ4v) is 5.19. The van der Waals surface area contributed by atoms with Crippen LogP contribution < -0.4 is 0 Å². The summed E-state index contributed by atoms with van der Waals surface area (Å²) in [6.45, 7) is 5.02. The average Bonchev–Trinajstić information content (AvgIpc) is 2.89. The molecule has 1 saturated carbocycles. The zero-order valence-electron chi connectivity index (χ0n) is 18.3. The number of aromatic nitrogens is 1. The second-order valence-corrected chi connectivity index (χ2v) is 9.09. The van der Waals surface area contributed by atoms with Crippen molar-refractivity contribution in [1.29, 1.82) is 0 Å². The Balaban J connectivity index is 1.76. The molecule has 2 heterocycles. The van der Waals surface area contributed by atoms with E-state index in [-0.39, 0.29) is 29.7 Å². The summed E-state index contributed by atoms with van der Waals surface area (Å²) in [5, 5.41) is 0. The lowest BCUT2D eigenvalue weighted by atomic mass is 9.85. The second-order valence-electron chi connectivity index (χ2n) is 9.09. The van der Waals surface area contributed by atoms with E-state index in [1.165, 1.54) is 6.42 Å². The Morgan fingerprint density at radius 1 is 1.20 bits per heavy atom. The summed E-state index contributed by atoms with van der Waals surface area (Å²) in [5.74, 6) is 0.374. The standard InChI is InChI=1S/C26H32N2O2/c1-18-15-28(26(30)21-9-5-4-6-10-21)24-12-8-7-11-23(25(18)24)22-14-13-20(17-29)16-27(3)19(22)2/h7-8,12-15,17,19-22H,4-6,9-10,16H2,1-3H3/t19-,20-,22?/m1/s1. The van der Waals surface area contributed by atoms with Crippen molar-refractivity contribution in [3.05, 3.63) is 53.1 Å². The van der Waals surface area contributed by atoms with Crippen LogP contribution in [0.5, 0.6) is 0 Å². The van der Waals surface area contributed by atoms with E-state index in [0.29, 0.717) is 0 Å². The third-order valence-corrected chi connectivity index (χ3v) is 7.07. The van der Waals surface area contributed by atoms with Gasteiger partial charge in [-0.3, -0.25) is 9.36 Å². The molecule has 0 saturated heterocycles. The van der Waals surface area contributed by atoms with Crippen LogP contribution in [-0.2, 0) is 4.79 Å². The Morgan fingerprint density at radius 2 is 1.97 bits per heavy atom. The Morgan fingerprint density at radius 3 is 2.70 bits per heavy atom. The number of aryl methyl sites for hydroxylation is 1. The molecule has 30 heavy (non-hydrogen) atoms. The van der Waals surface area contributed by atoms with Crippen molar-refractivity contribution >= 4 is 23.8 Å². The van der Waals surface area contributed by atoms with Gasteiger partial charge >= 0.3 is 0 Å². The van der Waals surface area contributed by atoms with E-state index < -0.39 is 0 Å². The number of fused-ring (bicyclic) bond motifs is 1. The maximum absolute atomic E-state index is 13.4. The van der Waals surface area contributed by atoms with E-state index in [1.807, 2.05) is 35.1 Å². The molecule has 2 aliphatic carbocycles. The van der Waals surface area contributed by atoms with Crippen LogP contribution in [-0.4, -0.2) is 41.3 Å². The van der Waals surface area contributed by atoms with Crippen LogP contribution in [0.3, 0.4) is 0 Å². The highest BCUT2D eigenvalue weighted by atomic mass is 16.2. The van der Waals surface area contributed by atoms with Crippen molar-refractivity contribution in [2.75, 3.05) is 13.6 Å². The highest BCUT2D eigenvalue weighted by molar-refractivity contribution is 5.89. The van der Waals surface area contributed by atoms with Crippen molar-refractivity contribution in [2.24, 2.45) is 17.8 Å². The molecule has 1 fully saturated rings. The zero-order chi connectivity index (χ0) is 21.3. The topological polar surface area (TPSA) is 42.3 Å². The van der Waals surface area contributed by atoms with E-state index in [9.17, 15) is 9.59 Å². The number of hydrogen-bond donors (Lipinski definition) is 0. The normalized spacial score (nSPS) is 27.3. The molecule has 3 atom stereocenters. The van der Waals surface area contributed by atoms with Gasteiger partial charge in [0.2, 0.25) is 5.91 Å². The Labute approximate surface area is 179 Å². The van der Waals surface area contributed by atoms with Crippen LogP contribution in [0.1, 0.15) is 60.6 Å². The summed E-state index contributed by atoms with van der Waals surface area (Å²) >= 11 is 0. The predicted molar refractivity (Wildman–Crippen MR) is 121 cm³/mol. The number of carbonyl (C=O) groups excluding carboxylic acids is 2. The molecule has 0 aromatic carbocycles. The van der Waals surface area contributed by atoms with Gasteiger partial charge in [-0.2, -0.15) is 0 Å². The van der Waals surface area contributed by atoms with Crippen molar-refractivity contribution in [3.8, 4) is 0 Å². The van der Waals surface area contributed by atoms with Gasteiger partial charge in [0, 0.05) is 47.7 Å². The number of nitrogens with zero attached hydrogens (tertiary/aromatic N) is 2. The Kier molecular flexibility index (Phi) is 6.08. The first-order valence-corrected chi connectivity index (χ1v) is 11.2. The second kappa shape index (κ2) is 8.75. The monoisotopic (exact) mass is 404 g/mol. The SMILES string of the molecule is Cc1cn(C(=O)C2CCCCC2)c2c1C(C1C=C[C@@H](C=O)CN(C)[C@@H]1C)=C=CC=C2. The van der Waals surface area contributed by atoms with Crippen LogP contribution in [0.15, 0.2) is 36.2 Å². The number of aldehydes is 1. The van der Waals surface area contributed by atoms with E-state index in [0.717, 1.165) is 60.9 Å². The molecule has 4 rings (SSSR count). The zero-order valence-corrected chi connectivity index (χ0v) is 18.3. The quantitative estimate of drug-likeness (QED) is 0.409. The molecule has 1 aromatic heterocycles. The van der Waals surface area contributed by atoms with E-state index in [1.54, 1.807) is 0 Å². The number of rotatable bonds is 3. The fraction of sp³-hybridized carbons (Fsp3) is 0.500. The summed E-state index contributed by atoms with van der Waals surface area (Å²) in [5.41, 5.74) is 7.80. The van der Waals surface area contributed by atoms with E-state index in [4.69, 9.17) is 0 Å². The van der Waals surface area contributed by atoms with Gasteiger partial charge in [0.1, 0.15) is 6.29 Å². The molecule has 1 aliphatic heterocycles. The van der Waals surface area contributed by atoms with Crippen LogP contribution >= 0.6 is 0 Å². The molecule has 158 valence electrons. The van der Waals surface area contributed by atoms with Crippen LogP contribution in [0, 0.1) is 24.7 Å². The largest absolute Gasteiger partial charge is 0.303 e. The first-order chi connectivity index (χ1) is 14.5. The lowest BCUT2D eigenvalue weighted by molar-refractivity contribution is -0.110. The first kappa shape index (κ1) is 20.8. The molecule has 3 aliphatic rings. The highest BCUT2D eigenvalue weighted by Crippen LogP contribution is 2.38. The fourth-order valence-electron chi connectivity index (χ4n) is 5.19. The third kappa shape index (κ3) is 3.82. The Hall–Kier alpha value is -2.42. The maximum atomic E-state index is 13.4. The van der Waals surface area contributed by atoms with E-state index >= 15 is 0 Å². The van der Waals surface area contributed by atoms with Gasteiger partial charge in [-0.05, 0) is 51.5 Å². The molecule has 0 spiro atoms. The van der Waals surface area contributed by atoms with Gasteiger partial charge in [-0.25, -0.2) is 0 Å². The summed E-state index contributed by atoms with van der Waals surface area (Å²) in [4.78, 5) is 27.0. The summed E-state index contributed by atoms with van der Waals surface area (Å²) in [6.07, 6.45) is 18.8. The van der Waals surface area contributed by atoms with Crippen molar-refractivity contribution in [2.45, 2.75) is 52.0 Å². The maximum Gasteiger partial charge on any atom is 0.234 e. The summed E-state index contributed by atoms with van der Waals surface area (Å²) < 4.78 is 1.89. The smallest absolute Gasteiger partial charge is 0.234 e. The average molecular weight is 405 g/mol. The minimum absolute atomic E-state index is 0.0889. The minimum atomic E-state index is -0.0889. The molecule has 0 bridgehead atoms. The molecule has 4 nitrogen and oxygen atoms in total. The summed E-state index contributed by atoms with van der Waals surface area (Å²) in [6, 6.07) is 0.227. The molecule has 0 N–H and O–H groups in total. The third-order valence-electron chi connectivity index (χ3n) is 7.07. The van der Waals surface area contributed by atoms with Gasteiger partial charge in [0.25, 0.3) is 0 Å². The molecule has 4 heteroatoms. The van der Waals surface area contributed by atoms with Gasteiger partial charge in [0.15, 0.2) is 0 Å². The lowest BCUT2D eigenvalue weighted by Gasteiger charge is -2.30. The van der Waals surface area contributed by atoms with Crippen molar-refractivity contribution < 1.29 is 9.59 Å². The lowest BCUT2D eigenvalue weighted by Crippen LogP contribution is -2.36. The van der Waals surface area contributed by atoms with Gasteiger partial charge < -0.3 is 9.69 Å². The molecular weight excluding hydrogens is 372 g/mol. The molecule has 0 amide bonds. The molecule has 1 unspecified atom stereocenters. The van der Waals surface area contributed by atoms with Crippen LogP contribution in [0.25, 0.3) is 11.6 Å². The van der Waals surface area contributed by atoms with Gasteiger partial charge in [-0.15, -0.1) is 5.73 Å². The molecular formula is C26H32N2O2. The van der Waals surface area contributed by atoms with E-state index in [2.05, 4.69) is 37.6 Å². The summed E-state index contributed by atoms with van der Waals surface area (Å²) in [7, 11) is 2.08. The molecule has 1 aromatic rings.